The fourth-order valence-electron chi connectivity index (χ4n) is 3.42. The van der Waals surface area contributed by atoms with Gasteiger partial charge in [-0.2, -0.15) is 5.10 Å². The van der Waals surface area contributed by atoms with Crippen molar-refractivity contribution in [3.63, 3.8) is 0 Å². The summed E-state index contributed by atoms with van der Waals surface area (Å²) in [6.45, 7) is 3.03. The van der Waals surface area contributed by atoms with Crippen LogP contribution in [-0.2, 0) is 11.2 Å². The summed E-state index contributed by atoms with van der Waals surface area (Å²) >= 11 is 0. The Bertz CT molecular complexity index is 793. The van der Waals surface area contributed by atoms with Gasteiger partial charge in [0.15, 0.2) is 0 Å². The number of carboxylic acid groups (broad SMARTS) is 1. The normalized spacial score (nSPS) is 15.2. The van der Waals surface area contributed by atoms with Crippen molar-refractivity contribution < 1.29 is 19.1 Å². The molecule has 1 saturated heterocycles. The second kappa shape index (κ2) is 7.68. The minimum atomic E-state index is -0.970. The number of aryl methyl sites for hydroxylation is 1. The number of rotatable bonds is 5. The van der Waals surface area contributed by atoms with Gasteiger partial charge < -0.3 is 10.0 Å². The second-order valence-electron chi connectivity index (χ2n) is 6.63. The quantitative estimate of drug-likeness (QED) is 0.891. The largest absolute Gasteiger partial charge is 0.478 e. The molecule has 3 rings (SSSR count). The predicted octanol–water partition coefficient (Wildman–Crippen LogP) is 2.83. The molecular formula is C19H22FN3O3. The van der Waals surface area contributed by atoms with Crippen molar-refractivity contribution in [2.75, 3.05) is 13.1 Å². The van der Waals surface area contributed by atoms with Crippen LogP contribution in [0.4, 0.5) is 4.39 Å². The van der Waals surface area contributed by atoms with Crippen molar-refractivity contribution in [2.45, 2.75) is 38.6 Å². The van der Waals surface area contributed by atoms with Crippen LogP contribution in [-0.4, -0.2) is 44.8 Å². The molecule has 0 radical (unpaired) electrons. The second-order valence-corrected chi connectivity index (χ2v) is 6.63. The van der Waals surface area contributed by atoms with E-state index in [2.05, 4.69) is 5.10 Å². The molecule has 0 aliphatic carbocycles. The Morgan fingerprint density at radius 1 is 1.23 bits per heavy atom. The number of carbonyl (C=O) groups excluding carboxylic acids is 1. The van der Waals surface area contributed by atoms with Gasteiger partial charge in [-0.1, -0.05) is 12.1 Å². The summed E-state index contributed by atoms with van der Waals surface area (Å²) in [6, 6.07) is 6.33. The number of piperidine rings is 1. The van der Waals surface area contributed by atoms with Gasteiger partial charge in [-0.3, -0.25) is 9.48 Å². The Hall–Kier alpha value is -2.70. The van der Waals surface area contributed by atoms with Crippen LogP contribution < -0.4 is 0 Å². The number of carboxylic acids is 1. The van der Waals surface area contributed by atoms with Crippen LogP contribution in [0.3, 0.4) is 0 Å². The molecule has 138 valence electrons. The first-order valence-electron chi connectivity index (χ1n) is 8.75. The number of likely N-dealkylation sites (tertiary alicyclic amines) is 1. The van der Waals surface area contributed by atoms with E-state index < -0.39 is 5.97 Å². The van der Waals surface area contributed by atoms with E-state index in [9.17, 15) is 14.0 Å². The van der Waals surface area contributed by atoms with Crippen molar-refractivity contribution in [1.82, 2.24) is 14.7 Å². The summed E-state index contributed by atoms with van der Waals surface area (Å²) in [5.41, 5.74) is 1.82. The van der Waals surface area contributed by atoms with Gasteiger partial charge in [0.25, 0.3) is 0 Å². The Kier molecular flexibility index (Phi) is 5.35. The molecule has 1 amide bonds. The van der Waals surface area contributed by atoms with E-state index in [1.807, 2.05) is 4.90 Å². The molecule has 6 nitrogen and oxygen atoms in total. The Balaban J connectivity index is 1.52. The summed E-state index contributed by atoms with van der Waals surface area (Å²) < 4.78 is 14.7. The summed E-state index contributed by atoms with van der Waals surface area (Å²) in [6.07, 6.45) is 3.89. The lowest BCUT2D eigenvalue weighted by Gasteiger charge is -2.32. The molecule has 7 heteroatoms. The smallest absolute Gasteiger partial charge is 0.339 e. The molecular weight excluding hydrogens is 337 g/mol. The van der Waals surface area contributed by atoms with E-state index in [-0.39, 0.29) is 23.3 Å². The highest BCUT2D eigenvalue weighted by Crippen LogP contribution is 2.25. The maximum absolute atomic E-state index is 12.9. The number of carbonyl (C=O) groups is 2. The van der Waals surface area contributed by atoms with Gasteiger partial charge in [0, 0.05) is 19.5 Å². The van der Waals surface area contributed by atoms with Gasteiger partial charge in [0.1, 0.15) is 11.4 Å². The van der Waals surface area contributed by atoms with Crippen LogP contribution in [0.5, 0.6) is 0 Å². The zero-order chi connectivity index (χ0) is 18.7. The highest BCUT2D eigenvalue weighted by Gasteiger charge is 2.26. The van der Waals surface area contributed by atoms with Crippen LogP contribution in [0.25, 0.3) is 0 Å². The number of aromatic carboxylic acids is 1. The molecule has 1 N–H and O–H groups in total. The molecule has 1 aromatic heterocycles. The van der Waals surface area contributed by atoms with E-state index >= 15 is 0 Å². The third-order valence-electron chi connectivity index (χ3n) is 4.98. The van der Waals surface area contributed by atoms with Crippen molar-refractivity contribution in [3.8, 4) is 0 Å². The van der Waals surface area contributed by atoms with Crippen molar-refractivity contribution in [1.29, 1.82) is 0 Å². The number of amides is 1. The van der Waals surface area contributed by atoms with E-state index in [0.717, 1.165) is 18.4 Å². The van der Waals surface area contributed by atoms with Crippen molar-refractivity contribution in [2.24, 2.45) is 0 Å². The fourth-order valence-corrected chi connectivity index (χ4v) is 3.42. The van der Waals surface area contributed by atoms with Crippen LogP contribution in [0, 0.1) is 12.7 Å². The fraction of sp³-hybridized carbons (Fsp3) is 0.421. The van der Waals surface area contributed by atoms with Gasteiger partial charge in [-0.05, 0) is 43.9 Å². The molecule has 1 aliphatic heterocycles. The first kappa shape index (κ1) is 18.1. The van der Waals surface area contributed by atoms with E-state index in [1.165, 1.54) is 18.3 Å². The molecule has 1 aliphatic rings. The molecule has 0 saturated carbocycles. The van der Waals surface area contributed by atoms with Gasteiger partial charge in [-0.15, -0.1) is 0 Å². The average molecular weight is 359 g/mol. The summed E-state index contributed by atoms with van der Waals surface area (Å²) in [5.74, 6) is -1.15. The third kappa shape index (κ3) is 3.92. The van der Waals surface area contributed by atoms with Gasteiger partial charge >= 0.3 is 5.97 Å². The minimum absolute atomic E-state index is 0.0937. The summed E-state index contributed by atoms with van der Waals surface area (Å²) in [5, 5.41) is 13.3. The molecule has 26 heavy (non-hydrogen) atoms. The average Bonchev–Trinajstić information content (AvgIpc) is 3.03. The van der Waals surface area contributed by atoms with Gasteiger partial charge in [-0.25, -0.2) is 9.18 Å². The predicted molar refractivity (Wildman–Crippen MR) is 93.5 cm³/mol. The molecule has 2 aromatic rings. The lowest BCUT2D eigenvalue weighted by molar-refractivity contribution is -0.132. The van der Waals surface area contributed by atoms with Crippen LogP contribution in [0.15, 0.2) is 30.5 Å². The van der Waals surface area contributed by atoms with Crippen LogP contribution in [0.1, 0.15) is 46.9 Å². The van der Waals surface area contributed by atoms with Crippen LogP contribution >= 0.6 is 0 Å². The zero-order valence-corrected chi connectivity index (χ0v) is 14.7. The monoisotopic (exact) mass is 359 g/mol. The number of hydrogen-bond acceptors (Lipinski definition) is 3. The Morgan fingerprint density at radius 3 is 2.46 bits per heavy atom. The molecule has 0 atom stereocenters. The first-order chi connectivity index (χ1) is 12.5. The summed E-state index contributed by atoms with van der Waals surface area (Å²) in [7, 11) is 0. The number of benzene rings is 1. The first-order valence-corrected chi connectivity index (χ1v) is 8.75. The maximum atomic E-state index is 12.9. The van der Waals surface area contributed by atoms with Crippen molar-refractivity contribution >= 4 is 11.9 Å². The number of nitrogens with zero attached hydrogens (tertiary/aromatic N) is 3. The lowest BCUT2D eigenvalue weighted by Crippen LogP contribution is -2.39. The Labute approximate surface area is 151 Å². The maximum Gasteiger partial charge on any atom is 0.339 e. The summed E-state index contributed by atoms with van der Waals surface area (Å²) in [4.78, 5) is 25.4. The third-order valence-corrected chi connectivity index (χ3v) is 4.98. The van der Waals surface area contributed by atoms with Gasteiger partial charge in [0.05, 0.1) is 17.9 Å². The van der Waals surface area contributed by atoms with E-state index in [1.54, 1.807) is 23.7 Å². The topological polar surface area (TPSA) is 75.4 Å². The molecule has 1 aromatic carbocycles. The zero-order valence-electron chi connectivity index (χ0n) is 14.7. The molecule has 1 fully saturated rings. The number of aromatic nitrogens is 2. The molecule has 0 bridgehead atoms. The standard InChI is InChI=1S/C19H22FN3O3/c1-13-17(19(25)26)12-21-23(13)16-8-10-22(11-9-16)18(24)7-4-14-2-5-15(20)6-3-14/h2-3,5-6,12,16H,4,7-11H2,1H3,(H,25,26). The highest BCUT2D eigenvalue weighted by atomic mass is 19.1. The lowest BCUT2D eigenvalue weighted by atomic mass is 10.0. The highest BCUT2D eigenvalue weighted by molar-refractivity contribution is 5.88. The SMILES string of the molecule is Cc1c(C(=O)O)cnn1C1CCN(C(=O)CCc2ccc(F)cc2)CC1. The van der Waals surface area contributed by atoms with Crippen molar-refractivity contribution in [3.05, 3.63) is 53.1 Å². The van der Waals surface area contributed by atoms with Gasteiger partial charge in [0.2, 0.25) is 5.91 Å². The number of halogens is 1. The minimum Gasteiger partial charge on any atom is -0.478 e. The van der Waals surface area contributed by atoms with E-state index in [0.29, 0.717) is 31.6 Å². The molecule has 2 heterocycles. The number of hydrogen-bond donors (Lipinski definition) is 1. The molecule has 0 spiro atoms. The molecule has 0 unspecified atom stereocenters. The Morgan fingerprint density at radius 2 is 1.88 bits per heavy atom. The van der Waals surface area contributed by atoms with Crippen LogP contribution in [0.2, 0.25) is 0 Å². The van der Waals surface area contributed by atoms with E-state index in [4.69, 9.17) is 5.11 Å².